The van der Waals surface area contributed by atoms with E-state index in [0.717, 1.165) is 50.2 Å². The largest absolute Gasteiger partial charge is 0.484 e. The fraction of sp³-hybridized carbons (Fsp3) is 0.320. The molecule has 1 atom stereocenters. The first kappa shape index (κ1) is 19.5. The van der Waals surface area contributed by atoms with Crippen molar-refractivity contribution < 1.29 is 9.53 Å². The third kappa shape index (κ3) is 5.58. The van der Waals surface area contributed by atoms with Gasteiger partial charge in [-0.05, 0) is 53.8 Å². The lowest BCUT2D eigenvalue weighted by Crippen LogP contribution is -2.34. The van der Waals surface area contributed by atoms with Crippen molar-refractivity contribution in [2.45, 2.75) is 12.8 Å². The molecule has 3 aromatic carbocycles. The standard InChI is InChI=1S/C25H28N2O2/c28-25(19-29-24-11-10-22-8-4-5-9-23(22)16-24)26-17-21-13-15-27(18-21)14-12-20-6-2-1-3-7-20/h1-11,16,21H,12-15,17-19H2,(H,26,28)/t21-/m0/s1. The Hall–Kier alpha value is -2.85. The molecule has 4 rings (SSSR count). The van der Waals surface area contributed by atoms with Gasteiger partial charge in [0.25, 0.3) is 5.91 Å². The van der Waals surface area contributed by atoms with E-state index in [2.05, 4.69) is 46.6 Å². The Morgan fingerprint density at radius 3 is 2.66 bits per heavy atom. The van der Waals surface area contributed by atoms with Crippen molar-refractivity contribution in [3.05, 3.63) is 78.4 Å². The van der Waals surface area contributed by atoms with Gasteiger partial charge in [-0.1, -0.05) is 60.7 Å². The molecular formula is C25H28N2O2. The lowest BCUT2D eigenvalue weighted by Gasteiger charge is -2.16. The highest BCUT2D eigenvalue weighted by Crippen LogP contribution is 2.20. The molecule has 1 fully saturated rings. The predicted molar refractivity (Wildman–Crippen MR) is 117 cm³/mol. The topological polar surface area (TPSA) is 41.6 Å². The van der Waals surface area contributed by atoms with Gasteiger partial charge in [-0.15, -0.1) is 0 Å². The molecule has 1 N–H and O–H groups in total. The van der Waals surface area contributed by atoms with E-state index in [0.29, 0.717) is 5.92 Å². The van der Waals surface area contributed by atoms with E-state index in [1.807, 2.05) is 36.4 Å². The molecule has 3 aromatic rings. The Morgan fingerprint density at radius 2 is 1.79 bits per heavy atom. The summed E-state index contributed by atoms with van der Waals surface area (Å²) < 4.78 is 5.68. The number of benzene rings is 3. The highest BCUT2D eigenvalue weighted by molar-refractivity contribution is 5.84. The zero-order valence-electron chi connectivity index (χ0n) is 16.7. The smallest absolute Gasteiger partial charge is 0.257 e. The normalized spacial score (nSPS) is 16.8. The van der Waals surface area contributed by atoms with Crippen molar-refractivity contribution in [2.75, 3.05) is 32.8 Å². The average molecular weight is 389 g/mol. The molecule has 4 heteroatoms. The van der Waals surface area contributed by atoms with Gasteiger partial charge in [0.15, 0.2) is 6.61 Å². The second-order valence-electron chi connectivity index (χ2n) is 7.79. The highest BCUT2D eigenvalue weighted by atomic mass is 16.5. The number of nitrogens with one attached hydrogen (secondary N) is 1. The van der Waals surface area contributed by atoms with Crippen LogP contribution in [0.3, 0.4) is 0 Å². The molecule has 29 heavy (non-hydrogen) atoms. The average Bonchev–Trinajstić information content (AvgIpc) is 3.23. The molecule has 0 unspecified atom stereocenters. The quantitative estimate of drug-likeness (QED) is 0.636. The molecule has 1 heterocycles. The van der Waals surface area contributed by atoms with Crippen molar-refractivity contribution in [3.63, 3.8) is 0 Å². The SMILES string of the molecule is O=C(COc1ccc2ccccc2c1)NC[C@@H]1CCN(CCc2ccccc2)C1. The maximum absolute atomic E-state index is 12.2. The Kier molecular flexibility index (Phi) is 6.42. The highest BCUT2D eigenvalue weighted by Gasteiger charge is 2.22. The molecule has 0 spiro atoms. The number of fused-ring (bicyclic) bond motifs is 1. The minimum absolute atomic E-state index is 0.0547. The van der Waals surface area contributed by atoms with Gasteiger partial charge in [-0.25, -0.2) is 0 Å². The maximum atomic E-state index is 12.2. The van der Waals surface area contributed by atoms with Gasteiger partial charge < -0.3 is 15.0 Å². The molecule has 0 aliphatic carbocycles. The molecule has 0 aromatic heterocycles. The van der Waals surface area contributed by atoms with Crippen LogP contribution in [-0.4, -0.2) is 43.6 Å². The van der Waals surface area contributed by atoms with Crippen LogP contribution in [0, 0.1) is 5.92 Å². The Balaban J connectivity index is 1.16. The summed E-state index contributed by atoms with van der Waals surface area (Å²) in [4.78, 5) is 14.7. The van der Waals surface area contributed by atoms with E-state index in [-0.39, 0.29) is 12.5 Å². The van der Waals surface area contributed by atoms with Gasteiger partial charge >= 0.3 is 0 Å². The maximum Gasteiger partial charge on any atom is 0.257 e. The van der Waals surface area contributed by atoms with Crippen LogP contribution in [-0.2, 0) is 11.2 Å². The molecule has 4 nitrogen and oxygen atoms in total. The lowest BCUT2D eigenvalue weighted by atomic mass is 10.1. The molecule has 0 saturated carbocycles. The summed E-state index contributed by atoms with van der Waals surface area (Å²) in [5.41, 5.74) is 1.38. The second-order valence-corrected chi connectivity index (χ2v) is 7.79. The summed E-state index contributed by atoms with van der Waals surface area (Å²) in [6, 6.07) is 24.7. The number of nitrogens with zero attached hydrogens (tertiary/aromatic N) is 1. The molecule has 1 amide bonds. The van der Waals surface area contributed by atoms with Crippen LogP contribution in [0.1, 0.15) is 12.0 Å². The minimum Gasteiger partial charge on any atom is -0.484 e. The Labute approximate surface area is 172 Å². The number of rotatable bonds is 8. The van der Waals surface area contributed by atoms with Gasteiger partial charge in [-0.2, -0.15) is 0 Å². The first-order valence-electron chi connectivity index (χ1n) is 10.4. The third-order valence-corrected chi connectivity index (χ3v) is 5.61. The number of hydrogen-bond acceptors (Lipinski definition) is 3. The number of likely N-dealkylation sites (tertiary alicyclic amines) is 1. The molecule has 1 saturated heterocycles. The van der Waals surface area contributed by atoms with Crippen LogP contribution in [0.4, 0.5) is 0 Å². The summed E-state index contributed by atoms with van der Waals surface area (Å²) >= 11 is 0. The van der Waals surface area contributed by atoms with Crippen molar-refractivity contribution >= 4 is 16.7 Å². The number of carbonyl (C=O) groups is 1. The zero-order chi connectivity index (χ0) is 19.9. The first-order valence-corrected chi connectivity index (χ1v) is 10.4. The molecule has 0 bridgehead atoms. The van der Waals surface area contributed by atoms with E-state index in [1.165, 1.54) is 10.9 Å². The zero-order valence-corrected chi connectivity index (χ0v) is 16.7. The number of carbonyl (C=O) groups excluding carboxylic acids is 1. The van der Waals surface area contributed by atoms with Crippen LogP contribution in [0.25, 0.3) is 10.8 Å². The Bertz CT molecular complexity index is 942. The van der Waals surface area contributed by atoms with Crippen LogP contribution in [0.15, 0.2) is 72.8 Å². The van der Waals surface area contributed by atoms with Gasteiger partial charge in [-0.3, -0.25) is 4.79 Å². The second kappa shape index (κ2) is 9.57. The Morgan fingerprint density at radius 1 is 1.00 bits per heavy atom. The summed E-state index contributed by atoms with van der Waals surface area (Å²) in [5, 5.41) is 5.32. The van der Waals surface area contributed by atoms with E-state index in [4.69, 9.17) is 4.74 Å². The van der Waals surface area contributed by atoms with E-state index < -0.39 is 0 Å². The van der Waals surface area contributed by atoms with Crippen LogP contribution < -0.4 is 10.1 Å². The summed E-state index contributed by atoms with van der Waals surface area (Å²) in [5.74, 6) is 1.20. The van der Waals surface area contributed by atoms with Gasteiger partial charge in [0, 0.05) is 19.6 Å². The summed E-state index contributed by atoms with van der Waals surface area (Å²) in [7, 11) is 0. The fourth-order valence-corrected chi connectivity index (χ4v) is 3.93. The van der Waals surface area contributed by atoms with Gasteiger partial charge in [0.1, 0.15) is 5.75 Å². The van der Waals surface area contributed by atoms with Crippen molar-refractivity contribution in [1.29, 1.82) is 0 Å². The van der Waals surface area contributed by atoms with Crippen LogP contribution in [0.5, 0.6) is 5.75 Å². The first-order chi connectivity index (χ1) is 14.3. The minimum atomic E-state index is -0.0547. The molecule has 0 radical (unpaired) electrons. The fourth-order valence-electron chi connectivity index (χ4n) is 3.93. The number of ether oxygens (including phenoxy) is 1. The number of amides is 1. The van der Waals surface area contributed by atoms with Gasteiger partial charge in [0.2, 0.25) is 0 Å². The predicted octanol–water partition coefficient (Wildman–Crippen LogP) is 3.90. The molecule has 1 aliphatic heterocycles. The van der Waals surface area contributed by atoms with Crippen LogP contribution >= 0.6 is 0 Å². The van der Waals surface area contributed by atoms with Crippen molar-refractivity contribution in [3.8, 4) is 5.75 Å². The van der Waals surface area contributed by atoms with Crippen LogP contribution in [0.2, 0.25) is 0 Å². The molecule has 1 aliphatic rings. The van der Waals surface area contributed by atoms with Gasteiger partial charge in [0.05, 0.1) is 0 Å². The summed E-state index contributed by atoms with van der Waals surface area (Å²) in [6.45, 7) is 4.03. The number of hydrogen-bond donors (Lipinski definition) is 1. The third-order valence-electron chi connectivity index (χ3n) is 5.61. The molecular weight excluding hydrogens is 360 g/mol. The van der Waals surface area contributed by atoms with Crippen molar-refractivity contribution in [1.82, 2.24) is 10.2 Å². The summed E-state index contributed by atoms with van der Waals surface area (Å²) in [6.07, 6.45) is 2.22. The van der Waals surface area contributed by atoms with Crippen molar-refractivity contribution in [2.24, 2.45) is 5.92 Å². The lowest BCUT2D eigenvalue weighted by molar-refractivity contribution is -0.123. The van der Waals surface area contributed by atoms with E-state index in [1.54, 1.807) is 0 Å². The van der Waals surface area contributed by atoms with E-state index >= 15 is 0 Å². The van der Waals surface area contributed by atoms with E-state index in [9.17, 15) is 4.79 Å². The molecule has 150 valence electrons. The monoisotopic (exact) mass is 388 g/mol.